The summed E-state index contributed by atoms with van der Waals surface area (Å²) in [5.41, 5.74) is 7.78. The third-order valence-corrected chi connectivity index (χ3v) is 2.85. The lowest BCUT2D eigenvalue weighted by Gasteiger charge is -2.25. The molecule has 3 nitrogen and oxygen atoms in total. The summed E-state index contributed by atoms with van der Waals surface area (Å²) in [5, 5.41) is 9.79. The molecule has 1 aromatic heterocycles. The van der Waals surface area contributed by atoms with Crippen LogP contribution in [0.1, 0.15) is 30.2 Å². The Morgan fingerprint density at radius 3 is 3.23 bits per heavy atom. The Balaban J connectivity index is 2.14. The normalized spacial score (nSPS) is 27.2. The lowest BCUT2D eigenvalue weighted by molar-refractivity contribution is 0.129. The van der Waals surface area contributed by atoms with Gasteiger partial charge in [0, 0.05) is 17.5 Å². The van der Waals surface area contributed by atoms with Crippen LogP contribution in [0.5, 0.6) is 0 Å². The van der Waals surface area contributed by atoms with Crippen molar-refractivity contribution in [3.8, 4) is 0 Å². The fourth-order valence-electron chi connectivity index (χ4n) is 2.18. The maximum atomic E-state index is 9.79. The number of fused-ring (bicyclic) bond motifs is 1. The van der Waals surface area contributed by atoms with Gasteiger partial charge in [0.2, 0.25) is 0 Å². The van der Waals surface area contributed by atoms with Crippen molar-refractivity contribution >= 4 is 0 Å². The Kier molecular flexibility index (Phi) is 2.38. The molecule has 72 valence electrons. The fourth-order valence-corrected chi connectivity index (χ4v) is 2.18. The van der Waals surface area contributed by atoms with E-state index in [1.807, 2.05) is 12.3 Å². The van der Waals surface area contributed by atoms with E-state index in [1.54, 1.807) is 0 Å². The maximum absolute atomic E-state index is 9.79. The highest BCUT2D eigenvalue weighted by atomic mass is 16.3. The van der Waals surface area contributed by atoms with E-state index in [0.717, 1.165) is 24.8 Å². The summed E-state index contributed by atoms with van der Waals surface area (Å²) in [6.45, 7) is 0.716. The molecule has 13 heavy (non-hydrogen) atoms. The first-order chi connectivity index (χ1) is 6.31. The summed E-state index contributed by atoms with van der Waals surface area (Å²) in [7, 11) is 0. The maximum Gasteiger partial charge on any atom is 0.0810 e. The van der Waals surface area contributed by atoms with Gasteiger partial charge < -0.3 is 15.8 Å². The molecular weight excluding hydrogens is 164 g/mol. The van der Waals surface area contributed by atoms with Crippen molar-refractivity contribution in [1.82, 2.24) is 4.98 Å². The van der Waals surface area contributed by atoms with E-state index in [4.69, 9.17) is 5.73 Å². The molecule has 4 N–H and O–H groups in total. The van der Waals surface area contributed by atoms with Crippen LogP contribution in [-0.4, -0.2) is 16.6 Å². The zero-order chi connectivity index (χ0) is 9.26. The molecule has 2 unspecified atom stereocenters. The number of hydrogen-bond acceptors (Lipinski definition) is 2. The summed E-state index contributed by atoms with van der Waals surface area (Å²) < 4.78 is 0. The lowest BCUT2D eigenvalue weighted by Crippen LogP contribution is -2.20. The van der Waals surface area contributed by atoms with Crippen LogP contribution in [0.3, 0.4) is 0 Å². The molecule has 0 radical (unpaired) electrons. The average molecular weight is 180 g/mol. The molecule has 0 amide bonds. The van der Waals surface area contributed by atoms with Gasteiger partial charge in [0.25, 0.3) is 0 Å². The molecule has 2 rings (SSSR count). The summed E-state index contributed by atoms with van der Waals surface area (Å²) >= 11 is 0. The largest absolute Gasteiger partial charge is 0.388 e. The number of aromatic amines is 1. The number of hydrogen-bond donors (Lipinski definition) is 3. The Morgan fingerprint density at radius 1 is 1.62 bits per heavy atom. The van der Waals surface area contributed by atoms with Gasteiger partial charge >= 0.3 is 0 Å². The van der Waals surface area contributed by atoms with E-state index in [1.165, 1.54) is 5.69 Å². The van der Waals surface area contributed by atoms with Crippen molar-refractivity contribution in [2.24, 2.45) is 11.7 Å². The first-order valence-corrected chi connectivity index (χ1v) is 4.85. The van der Waals surface area contributed by atoms with E-state index in [2.05, 4.69) is 4.98 Å². The molecule has 0 fully saturated rings. The fraction of sp³-hybridized carbons (Fsp3) is 0.600. The number of aliphatic hydroxyl groups excluding tert-OH is 1. The van der Waals surface area contributed by atoms with Gasteiger partial charge in [-0.3, -0.25) is 0 Å². The Morgan fingerprint density at radius 2 is 2.46 bits per heavy atom. The number of aliphatic hydroxyl groups is 1. The van der Waals surface area contributed by atoms with Crippen molar-refractivity contribution in [2.45, 2.75) is 25.4 Å². The number of nitrogens with one attached hydrogen (secondary N) is 1. The molecule has 1 aromatic rings. The van der Waals surface area contributed by atoms with Crippen molar-refractivity contribution in [3.05, 3.63) is 23.5 Å². The first-order valence-electron chi connectivity index (χ1n) is 4.85. The van der Waals surface area contributed by atoms with Crippen LogP contribution >= 0.6 is 0 Å². The van der Waals surface area contributed by atoms with Crippen LogP contribution < -0.4 is 5.73 Å². The number of rotatable bonds is 2. The molecule has 1 aliphatic rings. The quantitative estimate of drug-likeness (QED) is 0.634. The Bertz CT molecular complexity index is 282. The van der Waals surface area contributed by atoms with E-state index in [0.29, 0.717) is 12.5 Å². The minimum absolute atomic E-state index is 0.286. The smallest absolute Gasteiger partial charge is 0.0810 e. The SMILES string of the molecule is NCCC1Cc2[nH]ccc2C(O)C1. The van der Waals surface area contributed by atoms with Crippen LogP contribution in [0.25, 0.3) is 0 Å². The second-order valence-electron chi connectivity index (χ2n) is 3.81. The summed E-state index contributed by atoms with van der Waals surface area (Å²) in [5.74, 6) is 0.547. The predicted molar refractivity (Wildman–Crippen MR) is 51.2 cm³/mol. The van der Waals surface area contributed by atoms with E-state index < -0.39 is 0 Å². The van der Waals surface area contributed by atoms with Gasteiger partial charge in [-0.05, 0) is 37.8 Å². The topological polar surface area (TPSA) is 62.0 Å². The van der Waals surface area contributed by atoms with Gasteiger partial charge in [0.1, 0.15) is 0 Å². The zero-order valence-corrected chi connectivity index (χ0v) is 7.66. The van der Waals surface area contributed by atoms with Crippen molar-refractivity contribution in [2.75, 3.05) is 6.54 Å². The highest BCUT2D eigenvalue weighted by Gasteiger charge is 2.25. The van der Waals surface area contributed by atoms with Crippen LogP contribution in [0.15, 0.2) is 12.3 Å². The van der Waals surface area contributed by atoms with Crippen LogP contribution in [0.4, 0.5) is 0 Å². The molecule has 0 spiro atoms. The van der Waals surface area contributed by atoms with Gasteiger partial charge in [-0.1, -0.05) is 0 Å². The molecular formula is C10H16N2O. The molecule has 1 heterocycles. The van der Waals surface area contributed by atoms with Crippen LogP contribution in [0.2, 0.25) is 0 Å². The van der Waals surface area contributed by atoms with Gasteiger partial charge in [0.05, 0.1) is 6.10 Å². The molecule has 2 atom stereocenters. The third-order valence-electron chi connectivity index (χ3n) is 2.85. The van der Waals surface area contributed by atoms with Gasteiger partial charge in [0.15, 0.2) is 0 Å². The molecule has 1 aliphatic carbocycles. The highest BCUT2D eigenvalue weighted by molar-refractivity contribution is 5.26. The van der Waals surface area contributed by atoms with E-state index in [9.17, 15) is 5.11 Å². The van der Waals surface area contributed by atoms with Crippen molar-refractivity contribution < 1.29 is 5.11 Å². The Labute approximate surface area is 78.0 Å². The van der Waals surface area contributed by atoms with Gasteiger partial charge in [-0.25, -0.2) is 0 Å². The van der Waals surface area contributed by atoms with Gasteiger partial charge in [-0.2, -0.15) is 0 Å². The second kappa shape index (κ2) is 3.52. The van der Waals surface area contributed by atoms with Crippen molar-refractivity contribution in [3.63, 3.8) is 0 Å². The molecule has 0 saturated heterocycles. The lowest BCUT2D eigenvalue weighted by atomic mass is 9.84. The summed E-state index contributed by atoms with van der Waals surface area (Å²) in [4.78, 5) is 3.18. The number of aromatic nitrogens is 1. The third kappa shape index (κ3) is 1.62. The Hall–Kier alpha value is -0.800. The molecule has 0 saturated carbocycles. The monoisotopic (exact) mass is 180 g/mol. The summed E-state index contributed by atoms with van der Waals surface area (Å²) in [6, 6.07) is 1.97. The average Bonchev–Trinajstić information content (AvgIpc) is 2.53. The minimum Gasteiger partial charge on any atom is -0.388 e. The van der Waals surface area contributed by atoms with E-state index in [-0.39, 0.29) is 6.10 Å². The van der Waals surface area contributed by atoms with Crippen LogP contribution in [0, 0.1) is 5.92 Å². The number of H-pyrrole nitrogens is 1. The molecule has 0 aliphatic heterocycles. The standard InChI is InChI=1S/C10H16N2O/c11-3-1-7-5-9-8(2-4-12-9)10(13)6-7/h2,4,7,10,12-13H,1,3,5-6,11H2. The number of nitrogens with two attached hydrogens (primary N) is 1. The molecule has 0 bridgehead atoms. The molecule has 0 aromatic carbocycles. The van der Waals surface area contributed by atoms with Gasteiger partial charge in [-0.15, -0.1) is 0 Å². The minimum atomic E-state index is -0.286. The predicted octanol–water partition coefficient (Wildman–Crippen LogP) is 0.959. The molecule has 3 heteroatoms. The second-order valence-corrected chi connectivity index (χ2v) is 3.81. The van der Waals surface area contributed by atoms with E-state index >= 15 is 0 Å². The highest BCUT2D eigenvalue weighted by Crippen LogP contribution is 2.33. The van der Waals surface area contributed by atoms with Crippen LogP contribution in [-0.2, 0) is 6.42 Å². The first kappa shape index (κ1) is 8.78. The zero-order valence-electron chi connectivity index (χ0n) is 7.66. The summed E-state index contributed by atoms with van der Waals surface area (Å²) in [6.07, 6.45) is 4.53. The van der Waals surface area contributed by atoms with Crippen molar-refractivity contribution in [1.29, 1.82) is 0 Å².